The maximum absolute atomic E-state index is 12.9. The van der Waals surface area contributed by atoms with E-state index in [9.17, 15) is 8.42 Å². The Kier molecular flexibility index (Phi) is 6.60. The van der Waals surface area contributed by atoms with Crippen molar-refractivity contribution in [1.82, 2.24) is 8.87 Å². The van der Waals surface area contributed by atoms with E-state index in [1.165, 1.54) is 0 Å². The summed E-state index contributed by atoms with van der Waals surface area (Å²) < 4.78 is 34.8. The predicted molar refractivity (Wildman–Crippen MR) is 124 cm³/mol. The van der Waals surface area contributed by atoms with Crippen LogP contribution in [-0.4, -0.2) is 37.5 Å². The van der Waals surface area contributed by atoms with Crippen molar-refractivity contribution in [2.75, 3.05) is 20.2 Å². The number of rotatable bonds is 6. The highest BCUT2D eigenvalue weighted by molar-refractivity contribution is 7.89. The molecule has 1 aliphatic heterocycles. The van der Waals surface area contributed by atoms with E-state index in [1.54, 1.807) is 34.9 Å². The van der Waals surface area contributed by atoms with Gasteiger partial charge in [0.05, 0.1) is 23.4 Å². The summed E-state index contributed by atoms with van der Waals surface area (Å²) in [4.78, 5) is 6.03. The summed E-state index contributed by atoms with van der Waals surface area (Å²) in [5.41, 5.74) is 2.87. The number of piperidine rings is 1. The molecule has 1 saturated heterocycles. The molecule has 4 rings (SSSR count). The molecule has 164 valence electrons. The molecule has 31 heavy (non-hydrogen) atoms. The average Bonchev–Trinajstić information content (AvgIpc) is 3.22. The molecule has 0 bridgehead atoms. The SMILES string of the molecule is CCn1c(-c2ccc(S(=O)(=O)N3CCCCC3)cc2)csc1=Nc1ccc(OC)cc1. The third kappa shape index (κ3) is 4.61. The Labute approximate surface area is 187 Å². The second-order valence-electron chi connectivity index (χ2n) is 7.45. The molecular formula is C23H27N3O3S2. The summed E-state index contributed by atoms with van der Waals surface area (Å²) in [7, 11) is -1.77. The molecule has 2 aromatic carbocycles. The van der Waals surface area contributed by atoms with Crippen molar-refractivity contribution >= 4 is 27.0 Å². The Morgan fingerprint density at radius 1 is 1.00 bits per heavy atom. The Morgan fingerprint density at radius 2 is 1.68 bits per heavy atom. The summed E-state index contributed by atoms with van der Waals surface area (Å²) in [6.45, 7) is 4.07. The van der Waals surface area contributed by atoms with Crippen LogP contribution in [0.3, 0.4) is 0 Å². The molecule has 8 heteroatoms. The topological polar surface area (TPSA) is 63.9 Å². The van der Waals surface area contributed by atoms with Crippen molar-refractivity contribution in [3.05, 3.63) is 58.7 Å². The molecule has 1 aliphatic rings. The van der Waals surface area contributed by atoms with Gasteiger partial charge in [0, 0.05) is 25.0 Å². The number of sulfonamides is 1. The van der Waals surface area contributed by atoms with Gasteiger partial charge in [0.25, 0.3) is 0 Å². The molecule has 0 aliphatic carbocycles. The Hall–Kier alpha value is -2.42. The first kappa shape index (κ1) is 21.8. The van der Waals surface area contributed by atoms with Crippen LogP contribution < -0.4 is 9.54 Å². The van der Waals surface area contributed by atoms with Crippen LogP contribution in [0, 0.1) is 0 Å². The molecule has 0 radical (unpaired) electrons. The first-order valence-corrected chi connectivity index (χ1v) is 12.8. The highest BCUT2D eigenvalue weighted by Crippen LogP contribution is 2.26. The van der Waals surface area contributed by atoms with E-state index >= 15 is 0 Å². The number of thiazole rings is 1. The zero-order valence-corrected chi connectivity index (χ0v) is 19.5. The van der Waals surface area contributed by atoms with Crippen LogP contribution in [0.1, 0.15) is 26.2 Å². The van der Waals surface area contributed by atoms with E-state index < -0.39 is 10.0 Å². The van der Waals surface area contributed by atoms with E-state index in [2.05, 4.69) is 16.9 Å². The van der Waals surface area contributed by atoms with Gasteiger partial charge in [-0.3, -0.25) is 0 Å². The Bertz CT molecular complexity index is 1190. The largest absolute Gasteiger partial charge is 0.497 e. The van der Waals surface area contributed by atoms with Crippen molar-refractivity contribution in [2.24, 2.45) is 4.99 Å². The van der Waals surface area contributed by atoms with Crippen LogP contribution in [-0.2, 0) is 16.6 Å². The lowest BCUT2D eigenvalue weighted by atomic mass is 10.2. The lowest BCUT2D eigenvalue weighted by Crippen LogP contribution is -2.35. The highest BCUT2D eigenvalue weighted by Gasteiger charge is 2.25. The van der Waals surface area contributed by atoms with Crippen molar-refractivity contribution in [3.63, 3.8) is 0 Å². The lowest BCUT2D eigenvalue weighted by molar-refractivity contribution is 0.346. The number of nitrogens with zero attached hydrogens (tertiary/aromatic N) is 3. The van der Waals surface area contributed by atoms with Gasteiger partial charge >= 0.3 is 0 Å². The molecule has 1 fully saturated rings. The fourth-order valence-corrected chi connectivity index (χ4v) is 6.28. The molecule has 3 aromatic rings. The summed E-state index contributed by atoms with van der Waals surface area (Å²) in [6.07, 6.45) is 2.97. The van der Waals surface area contributed by atoms with Crippen LogP contribution in [0.5, 0.6) is 5.75 Å². The van der Waals surface area contributed by atoms with Gasteiger partial charge in [-0.25, -0.2) is 13.4 Å². The number of benzene rings is 2. The van der Waals surface area contributed by atoms with Gasteiger partial charge in [-0.05, 0) is 61.7 Å². The van der Waals surface area contributed by atoms with Crippen LogP contribution >= 0.6 is 11.3 Å². The van der Waals surface area contributed by atoms with Crippen molar-refractivity contribution in [2.45, 2.75) is 37.6 Å². The number of methoxy groups -OCH3 is 1. The van der Waals surface area contributed by atoms with Gasteiger partial charge in [0.2, 0.25) is 10.0 Å². The number of aromatic nitrogens is 1. The normalized spacial score (nSPS) is 15.9. The summed E-state index contributed by atoms with van der Waals surface area (Å²) in [5.74, 6) is 0.800. The van der Waals surface area contributed by atoms with Crippen LogP contribution in [0.25, 0.3) is 11.3 Å². The fourth-order valence-electron chi connectivity index (χ4n) is 3.77. The Balaban J connectivity index is 1.63. The Morgan fingerprint density at radius 3 is 2.29 bits per heavy atom. The second kappa shape index (κ2) is 9.38. The molecule has 0 unspecified atom stereocenters. The third-order valence-electron chi connectivity index (χ3n) is 5.51. The average molecular weight is 458 g/mol. The van der Waals surface area contributed by atoms with Gasteiger partial charge in [0.1, 0.15) is 5.75 Å². The van der Waals surface area contributed by atoms with E-state index in [0.717, 1.165) is 53.3 Å². The highest BCUT2D eigenvalue weighted by atomic mass is 32.2. The minimum atomic E-state index is -3.42. The smallest absolute Gasteiger partial charge is 0.243 e. The zero-order chi connectivity index (χ0) is 21.8. The number of ether oxygens (including phenoxy) is 1. The first-order chi connectivity index (χ1) is 15.0. The zero-order valence-electron chi connectivity index (χ0n) is 17.8. The van der Waals surface area contributed by atoms with Gasteiger partial charge in [0.15, 0.2) is 4.80 Å². The quantitative estimate of drug-likeness (QED) is 0.541. The maximum Gasteiger partial charge on any atom is 0.243 e. The van der Waals surface area contributed by atoms with Gasteiger partial charge in [-0.2, -0.15) is 4.31 Å². The molecular weight excluding hydrogens is 430 g/mol. The summed E-state index contributed by atoms with van der Waals surface area (Å²) in [6, 6.07) is 14.9. The van der Waals surface area contributed by atoms with E-state index in [0.29, 0.717) is 18.0 Å². The first-order valence-electron chi connectivity index (χ1n) is 10.5. The van der Waals surface area contributed by atoms with E-state index in [4.69, 9.17) is 9.73 Å². The van der Waals surface area contributed by atoms with E-state index in [1.807, 2.05) is 36.4 Å². The minimum Gasteiger partial charge on any atom is -0.497 e. The molecule has 0 spiro atoms. The van der Waals surface area contributed by atoms with E-state index in [-0.39, 0.29) is 0 Å². The van der Waals surface area contributed by atoms with Crippen molar-refractivity contribution in [3.8, 4) is 17.0 Å². The molecule has 0 amide bonds. The monoisotopic (exact) mass is 457 g/mol. The lowest BCUT2D eigenvalue weighted by Gasteiger charge is -2.25. The number of hydrogen-bond acceptors (Lipinski definition) is 5. The third-order valence-corrected chi connectivity index (χ3v) is 8.29. The van der Waals surface area contributed by atoms with Gasteiger partial charge in [-0.1, -0.05) is 18.6 Å². The van der Waals surface area contributed by atoms with Crippen LogP contribution in [0.2, 0.25) is 0 Å². The van der Waals surface area contributed by atoms with Crippen LogP contribution in [0.15, 0.2) is 63.8 Å². The van der Waals surface area contributed by atoms with Gasteiger partial charge < -0.3 is 9.30 Å². The number of hydrogen-bond donors (Lipinski definition) is 0. The summed E-state index contributed by atoms with van der Waals surface area (Å²) in [5, 5.41) is 2.07. The second-order valence-corrected chi connectivity index (χ2v) is 10.2. The molecule has 1 aromatic heterocycles. The molecule has 6 nitrogen and oxygen atoms in total. The molecule has 0 saturated carbocycles. The molecule has 0 atom stereocenters. The van der Waals surface area contributed by atoms with Gasteiger partial charge in [-0.15, -0.1) is 11.3 Å². The standard InChI is InChI=1S/C23H27N3O3S2/c1-3-26-22(17-30-23(26)24-19-9-11-20(29-2)12-10-19)18-7-13-21(14-8-18)31(27,28)25-15-5-4-6-16-25/h7-14,17H,3-6,15-16H2,1-2H3. The molecule has 2 heterocycles. The van der Waals surface area contributed by atoms with Crippen molar-refractivity contribution in [1.29, 1.82) is 0 Å². The summed E-state index contributed by atoms with van der Waals surface area (Å²) >= 11 is 1.57. The minimum absolute atomic E-state index is 0.361. The van der Waals surface area contributed by atoms with Crippen LogP contribution in [0.4, 0.5) is 5.69 Å². The van der Waals surface area contributed by atoms with Crippen molar-refractivity contribution < 1.29 is 13.2 Å². The maximum atomic E-state index is 12.9. The predicted octanol–water partition coefficient (Wildman–Crippen LogP) is 4.65. The molecule has 0 N–H and O–H groups in total. The fraction of sp³-hybridized carbons (Fsp3) is 0.348.